The van der Waals surface area contributed by atoms with Gasteiger partial charge in [0.1, 0.15) is 11.0 Å². The molecule has 2 aromatic heterocycles. The number of hydrogen-bond acceptors (Lipinski definition) is 4. The van der Waals surface area contributed by atoms with E-state index >= 15 is 0 Å². The minimum absolute atomic E-state index is 0.608. The van der Waals surface area contributed by atoms with Crippen LogP contribution in [0.25, 0.3) is 57.6 Å². The van der Waals surface area contributed by atoms with Crippen molar-refractivity contribution in [3.8, 4) is 11.1 Å². The molecule has 0 aliphatic carbocycles. The lowest BCUT2D eigenvalue weighted by molar-refractivity contribution is 0.589. The maximum atomic E-state index is 5.83. The number of aryl methyl sites for hydroxylation is 2. The summed E-state index contributed by atoms with van der Waals surface area (Å²) in [5, 5.41) is 0. The van der Waals surface area contributed by atoms with Gasteiger partial charge in [-0.1, -0.05) is 60.7 Å². The average molecular weight is 469 g/mol. The van der Waals surface area contributed by atoms with Gasteiger partial charge >= 0.3 is 0 Å². The fourth-order valence-corrected chi connectivity index (χ4v) is 4.15. The van der Waals surface area contributed by atoms with E-state index in [1.165, 1.54) is 0 Å². The molecule has 4 nitrogen and oxygen atoms in total. The summed E-state index contributed by atoms with van der Waals surface area (Å²) in [5.41, 5.74) is 10.2. The third kappa shape index (κ3) is 4.62. The molecular weight excluding hydrogens is 444 g/mol. The molecule has 0 aliphatic heterocycles. The lowest BCUT2D eigenvalue weighted by Crippen LogP contribution is -1.80. The van der Waals surface area contributed by atoms with Crippen molar-refractivity contribution in [3.05, 3.63) is 119 Å². The Morgan fingerprint density at radius 2 is 0.917 bits per heavy atom. The summed E-state index contributed by atoms with van der Waals surface area (Å²) in [6.07, 6.45) is 7.85. The van der Waals surface area contributed by atoms with Crippen molar-refractivity contribution in [2.45, 2.75) is 13.8 Å². The second-order valence-corrected chi connectivity index (χ2v) is 8.96. The number of aromatic nitrogens is 2. The second-order valence-electron chi connectivity index (χ2n) is 8.96. The highest BCUT2D eigenvalue weighted by Crippen LogP contribution is 2.23. The Morgan fingerprint density at radius 1 is 0.500 bits per heavy atom. The molecule has 0 spiro atoms. The van der Waals surface area contributed by atoms with Crippen LogP contribution >= 0.6 is 0 Å². The largest absolute Gasteiger partial charge is 0.437 e. The van der Waals surface area contributed by atoms with Crippen LogP contribution in [0.1, 0.15) is 34.0 Å². The minimum atomic E-state index is 0.608. The normalized spacial score (nSPS) is 11.9. The summed E-state index contributed by atoms with van der Waals surface area (Å²) in [6, 6.07) is 29.0. The van der Waals surface area contributed by atoms with Gasteiger partial charge in [0.2, 0.25) is 11.8 Å². The Bertz CT molecular complexity index is 1600. The van der Waals surface area contributed by atoms with E-state index < -0.39 is 0 Å². The van der Waals surface area contributed by atoms with E-state index in [1.54, 1.807) is 0 Å². The van der Waals surface area contributed by atoms with Gasteiger partial charge in [-0.2, -0.15) is 0 Å². The summed E-state index contributed by atoms with van der Waals surface area (Å²) in [4.78, 5) is 9.04. The van der Waals surface area contributed by atoms with Crippen LogP contribution in [0, 0.1) is 13.8 Å². The van der Waals surface area contributed by atoms with Crippen LogP contribution in [0.15, 0.2) is 93.8 Å². The van der Waals surface area contributed by atoms with Gasteiger partial charge < -0.3 is 8.83 Å². The molecule has 4 heteroatoms. The first-order chi connectivity index (χ1) is 17.6. The molecule has 0 bridgehead atoms. The van der Waals surface area contributed by atoms with E-state index in [0.717, 1.165) is 55.6 Å². The number of hydrogen-bond donors (Lipinski definition) is 0. The highest BCUT2D eigenvalue weighted by Gasteiger charge is 2.04. The molecule has 36 heavy (non-hydrogen) atoms. The van der Waals surface area contributed by atoms with Crippen molar-refractivity contribution in [2.24, 2.45) is 0 Å². The van der Waals surface area contributed by atoms with Gasteiger partial charge in [-0.3, -0.25) is 0 Å². The molecule has 0 unspecified atom stereocenters. The van der Waals surface area contributed by atoms with Crippen molar-refractivity contribution >= 4 is 46.5 Å². The standard InChI is InChI=1S/C32H24N2O2/c1-21-3-15-27-29(19-21)35-31(33-27)17-9-23-5-11-25(12-6-23)26-13-7-24(8-14-26)10-18-32-34-28-16-4-22(2)20-30(28)36-32/h3-20H,1-2H3/b17-9+,18-10+. The fourth-order valence-electron chi connectivity index (χ4n) is 4.15. The molecular formula is C32H24N2O2. The van der Waals surface area contributed by atoms with Crippen molar-refractivity contribution in [2.75, 3.05) is 0 Å². The summed E-state index contributed by atoms with van der Waals surface area (Å²) >= 11 is 0. The molecule has 0 N–H and O–H groups in total. The van der Waals surface area contributed by atoms with Gasteiger partial charge in [-0.15, -0.1) is 0 Å². The highest BCUT2D eigenvalue weighted by molar-refractivity contribution is 5.78. The summed E-state index contributed by atoms with van der Waals surface area (Å²) in [6.45, 7) is 4.09. The highest BCUT2D eigenvalue weighted by atomic mass is 16.4. The molecule has 6 aromatic rings. The predicted octanol–water partition coefficient (Wildman–Crippen LogP) is 8.59. The van der Waals surface area contributed by atoms with Crippen LogP contribution in [0.2, 0.25) is 0 Å². The Kier molecular flexibility index (Phi) is 5.55. The number of benzene rings is 4. The fraction of sp³-hybridized carbons (Fsp3) is 0.0625. The number of oxazole rings is 2. The van der Waals surface area contributed by atoms with Gasteiger partial charge in [0.05, 0.1) is 0 Å². The van der Waals surface area contributed by atoms with Crippen molar-refractivity contribution in [1.82, 2.24) is 9.97 Å². The van der Waals surface area contributed by atoms with E-state index in [4.69, 9.17) is 8.83 Å². The lowest BCUT2D eigenvalue weighted by Gasteiger charge is -2.03. The topological polar surface area (TPSA) is 52.1 Å². The molecule has 2 heterocycles. The van der Waals surface area contributed by atoms with Gasteiger partial charge in [-0.05, 0) is 83.6 Å². The second kappa shape index (κ2) is 9.16. The molecule has 0 saturated heterocycles. The molecule has 0 aliphatic rings. The Labute approximate surface area is 209 Å². The monoisotopic (exact) mass is 468 g/mol. The van der Waals surface area contributed by atoms with Crippen LogP contribution in [0.3, 0.4) is 0 Å². The molecule has 0 atom stereocenters. The Hall–Kier alpha value is -4.70. The predicted molar refractivity (Wildman–Crippen MR) is 147 cm³/mol. The molecule has 0 fully saturated rings. The zero-order valence-electron chi connectivity index (χ0n) is 20.1. The van der Waals surface area contributed by atoms with Gasteiger partial charge in [-0.25, -0.2) is 9.97 Å². The lowest BCUT2D eigenvalue weighted by atomic mass is 10.0. The van der Waals surface area contributed by atoms with E-state index in [-0.39, 0.29) is 0 Å². The summed E-state index contributed by atoms with van der Waals surface area (Å²) < 4.78 is 11.7. The molecule has 0 amide bonds. The van der Waals surface area contributed by atoms with Crippen molar-refractivity contribution < 1.29 is 8.83 Å². The Morgan fingerprint density at radius 3 is 1.33 bits per heavy atom. The third-order valence-corrected chi connectivity index (χ3v) is 6.11. The SMILES string of the molecule is Cc1ccc2nc(/C=C/c3ccc(-c4ccc(/C=C/c5nc6ccc(C)cc6o5)cc4)cc3)oc2c1. The van der Waals surface area contributed by atoms with Crippen molar-refractivity contribution in [3.63, 3.8) is 0 Å². The van der Waals surface area contributed by atoms with Gasteiger partial charge in [0.25, 0.3) is 0 Å². The molecule has 4 aromatic carbocycles. The van der Waals surface area contributed by atoms with Crippen LogP contribution in [-0.2, 0) is 0 Å². The zero-order valence-corrected chi connectivity index (χ0v) is 20.1. The zero-order chi connectivity index (χ0) is 24.5. The molecule has 174 valence electrons. The number of fused-ring (bicyclic) bond motifs is 2. The van der Waals surface area contributed by atoms with Crippen LogP contribution < -0.4 is 0 Å². The first-order valence-electron chi connectivity index (χ1n) is 11.9. The van der Waals surface area contributed by atoms with Crippen LogP contribution in [0.5, 0.6) is 0 Å². The van der Waals surface area contributed by atoms with Crippen molar-refractivity contribution in [1.29, 1.82) is 0 Å². The smallest absolute Gasteiger partial charge is 0.220 e. The Balaban J connectivity index is 1.13. The number of nitrogens with zero attached hydrogens (tertiary/aromatic N) is 2. The third-order valence-electron chi connectivity index (χ3n) is 6.11. The van der Waals surface area contributed by atoms with Gasteiger partial charge in [0, 0.05) is 12.2 Å². The number of rotatable bonds is 5. The molecule has 6 rings (SSSR count). The summed E-state index contributed by atoms with van der Waals surface area (Å²) in [5.74, 6) is 1.22. The van der Waals surface area contributed by atoms with Crippen LogP contribution in [0.4, 0.5) is 0 Å². The first-order valence-corrected chi connectivity index (χ1v) is 11.9. The molecule has 0 saturated carbocycles. The molecule has 0 radical (unpaired) electrons. The van der Waals surface area contributed by atoms with E-state index in [1.807, 2.05) is 74.5 Å². The first kappa shape index (κ1) is 21.8. The quantitative estimate of drug-likeness (QED) is 0.254. The van der Waals surface area contributed by atoms with E-state index in [9.17, 15) is 0 Å². The maximum absolute atomic E-state index is 5.83. The summed E-state index contributed by atoms with van der Waals surface area (Å²) in [7, 11) is 0. The minimum Gasteiger partial charge on any atom is -0.437 e. The maximum Gasteiger partial charge on any atom is 0.220 e. The average Bonchev–Trinajstić information content (AvgIpc) is 3.49. The van der Waals surface area contributed by atoms with E-state index in [0.29, 0.717) is 11.8 Å². The van der Waals surface area contributed by atoms with Gasteiger partial charge in [0.15, 0.2) is 11.2 Å². The van der Waals surface area contributed by atoms with E-state index in [2.05, 4.69) is 58.5 Å². The van der Waals surface area contributed by atoms with Crippen LogP contribution in [-0.4, -0.2) is 9.97 Å².